The highest BCUT2D eigenvalue weighted by Gasteiger charge is 2.45. The van der Waals surface area contributed by atoms with Crippen molar-refractivity contribution < 1.29 is 13.2 Å². The first-order valence-corrected chi connectivity index (χ1v) is 7.44. The number of benzene rings is 1. The Balaban J connectivity index is 2.14. The second-order valence-electron chi connectivity index (χ2n) is 4.80. The van der Waals surface area contributed by atoms with Gasteiger partial charge in [-0.25, -0.2) is 12.7 Å². The summed E-state index contributed by atoms with van der Waals surface area (Å²) in [6.45, 7) is 0. The van der Waals surface area contributed by atoms with Crippen molar-refractivity contribution in [3.05, 3.63) is 23.8 Å². The third-order valence-corrected chi connectivity index (χ3v) is 5.50. The second kappa shape index (κ2) is 3.71. The van der Waals surface area contributed by atoms with E-state index in [9.17, 15) is 13.2 Å². The molecule has 1 amide bonds. The second-order valence-corrected chi connectivity index (χ2v) is 6.58. The smallest absolute Gasteiger partial charge is 0.269 e. The monoisotopic (exact) mass is 266 g/mol. The molecule has 1 fully saturated rings. The lowest BCUT2D eigenvalue weighted by Crippen LogP contribution is -2.38. The van der Waals surface area contributed by atoms with Gasteiger partial charge in [0.05, 0.1) is 5.56 Å². The highest BCUT2D eigenvalue weighted by molar-refractivity contribution is 7.90. The van der Waals surface area contributed by atoms with Crippen molar-refractivity contribution in [3.8, 4) is 0 Å². The molecule has 0 spiro atoms. The summed E-state index contributed by atoms with van der Waals surface area (Å²) in [6.07, 6.45) is 3.47. The fourth-order valence-corrected chi connectivity index (χ4v) is 4.61. The molecule has 1 heterocycles. The van der Waals surface area contributed by atoms with Gasteiger partial charge < -0.3 is 5.73 Å². The zero-order valence-electron chi connectivity index (χ0n) is 9.80. The number of carbonyl (C=O) groups is 1. The van der Waals surface area contributed by atoms with Crippen molar-refractivity contribution in [2.45, 2.75) is 36.6 Å². The van der Waals surface area contributed by atoms with Gasteiger partial charge in [0.1, 0.15) is 4.90 Å². The summed E-state index contributed by atoms with van der Waals surface area (Å²) in [5.41, 5.74) is 6.21. The molecular weight excluding hydrogens is 252 g/mol. The molecule has 1 aromatic rings. The minimum Gasteiger partial charge on any atom is -0.399 e. The maximum atomic E-state index is 12.4. The SMILES string of the molecule is Nc1ccc2c(c1)S(=O)(=O)N(C1CCCC1)C2=O. The zero-order chi connectivity index (χ0) is 12.9. The average Bonchev–Trinajstić information content (AvgIpc) is 2.87. The number of hydrogen-bond donors (Lipinski definition) is 1. The van der Waals surface area contributed by atoms with Crippen LogP contribution in [0.2, 0.25) is 0 Å². The molecule has 0 bridgehead atoms. The molecule has 96 valence electrons. The van der Waals surface area contributed by atoms with Crippen LogP contribution in [-0.2, 0) is 10.0 Å². The average molecular weight is 266 g/mol. The Morgan fingerprint density at radius 1 is 1.22 bits per heavy atom. The van der Waals surface area contributed by atoms with Gasteiger partial charge >= 0.3 is 0 Å². The van der Waals surface area contributed by atoms with Crippen molar-refractivity contribution in [1.82, 2.24) is 4.31 Å². The first-order valence-electron chi connectivity index (χ1n) is 6.00. The van der Waals surface area contributed by atoms with E-state index < -0.39 is 15.9 Å². The molecule has 6 heteroatoms. The number of anilines is 1. The molecule has 1 aromatic carbocycles. The van der Waals surface area contributed by atoms with Gasteiger partial charge in [-0.3, -0.25) is 4.79 Å². The van der Waals surface area contributed by atoms with E-state index in [1.807, 2.05) is 0 Å². The lowest BCUT2D eigenvalue weighted by Gasteiger charge is -2.22. The van der Waals surface area contributed by atoms with Crippen LogP contribution in [0.3, 0.4) is 0 Å². The van der Waals surface area contributed by atoms with E-state index in [1.54, 1.807) is 6.07 Å². The van der Waals surface area contributed by atoms with Crippen LogP contribution in [0.4, 0.5) is 5.69 Å². The number of nitrogen functional groups attached to an aromatic ring is 1. The van der Waals surface area contributed by atoms with Gasteiger partial charge in [0.2, 0.25) is 0 Å². The molecule has 2 N–H and O–H groups in total. The quantitative estimate of drug-likeness (QED) is 0.778. The van der Waals surface area contributed by atoms with Gasteiger partial charge in [0, 0.05) is 11.7 Å². The fourth-order valence-electron chi connectivity index (χ4n) is 2.76. The minimum absolute atomic E-state index is 0.0550. The van der Waals surface area contributed by atoms with Gasteiger partial charge in [-0.15, -0.1) is 0 Å². The Morgan fingerprint density at radius 3 is 2.56 bits per heavy atom. The van der Waals surface area contributed by atoms with Crippen LogP contribution in [0.15, 0.2) is 23.1 Å². The van der Waals surface area contributed by atoms with Gasteiger partial charge in [0.15, 0.2) is 0 Å². The van der Waals surface area contributed by atoms with E-state index in [-0.39, 0.29) is 16.5 Å². The molecule has 3 rings (SSSR count). The van der Waals surface area contributed by atoms with Crippen LogP contribution in [0.1, 0.15) is 36.0 Å². The predicted octanol–water partition coefficient (Wildman–Crippen LogP) is 1.36. The topological polar surface area (TPSA) is 80.5 Å². The summed E-state index contributed by atoms with van der Waals surface area (Å²) in [7, 11) is -3.70. The molecule has 0 aromatic heterocycles. The molecule has 1 aliphatic carbocycles. The molecule has 5 nitrogen and oxygen atoms in total. The Labute approximate surface area is 106 Å². The molecule has 1 aliphatic heterocycles. The van der Waals surface area contributed by atoms with E-state index >= 15 is 0 Å². The van der Waals surface area contributed by atoms with Gasteiger partial charge in [-0.2, -0.15) is 0 Å². The minimum atomic E-state index is -3.70. The molecular formula is C12H14N2O3S. The van der Waals surface area contributed by atoms with Gasteiger partial charge in [0.25, 0.3) is 15.9 Å². The third kappa shape index (κ3) is 1.45. The van der Waals surface area contributed by atoms with Crippen molar-refractivity contribution >= 4 is 21.6 Å². The summed E-state index contributed by atoms with van der Waals surface area (Å²) in [6, 6.07) is 4.25. The van der Waals surface area contributed by atoms with Gasteiger partial charge in [-0.1, -0.05) is 12.8 Å². The largest absolute Gasteiger partial charge is 0.399 e. The molecule has 1 saturated carbocycles. The third-order valence-electron chi connectivity index (χ3n) is 3.63. The molecule has 0 radical (unpaired) electrons. The molecule has 0 saturated heterocycles. The van der Waals surface area contributed by atoms with Crippen LogP contribution in [0.5, 0.6) is 0 Å². The summed E-state index contributed by atoms with van der Waals surface area (Å²) in [5, 5.41) is 0. The first kappa shape index (κ1) is 11.5. The van der Waals surface area contributed by atoms with Crippen LogP contribution >= 0.6 is 0 Å². The maximum Gasteiger partial charge on any atom is 0.269 e. The van der Waals surface area contributed by atoms with Gasteiger partial charge in [-0.05, 0) is 31.0 Å². The maximum absolute atomic E-state index is 12.4. The number of hydrogen-bond acceptors (Lipinski definition) is 4. The van der Waals surface area contributed by atoms with Crippen LogP contribution in [0, 0.1) is 0 Å². The standard InChI is InChI=1S/C12H14N2O3S/c13-8-5-6-10-11(7-8)18(16,17)14(12(10)15)9-3-1-2-4-9/h5-7,9H,1-4,13H2. The first-order chi connectivity index (χ1) is 8.51. The molecule has 2 aliphatic rings. The molecule has 0 unspecified atom stereocenters. The Morgan fingerprint density at radius 2 is 1.89 bits per heavy atom. The number of fused-ring (bicyclic) bond motifs is 1. The van der Waals surface area contributed by atoms with Crippen LogP contribution < -0.4 is 5.73 Å². The Kier molecular flexibility index (Phi) is 2.38. The summed E-state index contributed by atoms with van der Waals surface area (Å²) in [5.74, 6) is -0.406. The predicted molar refractivity (Wildman–Crippen MR) is 66.5 cm³/mol. The lowest BCUT2D eigenvalue weighted by molar-refractivity contribution is 0.0834. The van der Waals surface area contributed by atoms with Crippen molar-refractivity contribution in [2.24, 2.45) is 0 Å². The Hall–Kier alpha value is -1.56. The zero-order valence-corrected chi connectivity index (χ0v) is 10.6. The number of nitrogens with zero attached hydrogens (tertiary/aromatic N) is 1. The lowest BCUT2D eigenvalue weighted by atomic mass is 10.1. The summed E-state index contributed by atoms with van der Waals surface area (Å²) < 4.78 is 25.8. The summed E-state index contributed by atoms with van der Waals surface area (Å²) >= 11 is 0. The number of sulfonamides is 1. The molecule has 18 heavy (non-hydrogen) atoms. The van der Waals surface area contributed by atoms with Crippen LogP contribution in [-0.4, -0.2) is 24.7 Å². The van der Waals surface area contributed by atoms with E-state index in [4.69, 9.17) is 5.73 Å². The van der Waals surface area contributed by atoms with Crippen molar-refractivity contribution in [1.29, 1.82) is 0 Å². The number of rotatable bonds is 1. The van der Waals surface area contributed by atoms with E-state index in [2.05, 4.69) is 0 Å². The highest BCUT2D eigenvalue weighted by atomic mass is 32.2. The normalized spacial score (nSPS) is 22.4. The molecule has 0 atom stereocenters. The number of carbonyl (C=O) groups excluding carboxylic acids is 1. The van der Waals surface area contributed by atoms with Crippen molar-refractivity contribution in [3.63, 3.8) is 0 Å². The summed E-state index contributed by atoms with van der Waals surface area (Å²) in [4.78, 5) is 12.3. The number of amides is 1. The van der Waals surface area contributed by atoms with E-state index in [1.165, 1.54) is 12.1 Å². The van der Waals surface area contributed by atoms with E-state index in [0.29, 0.717) is 5.69 Å². The van der Waals surface area contributed by atoms with E-state index in [0.717, 1.165) is 30.0 Å². The number of nitrogens with two attached hydrogens (primary N) is 1. The van der Waals surface area contributed by atoms with Crippen molar-refractivity contribution in [2.75, 3.05) is 5.73 Å². The fraction of sp³-hybridized carbons (Fsp3) is 0.417. The Bertz CT molecular complexity index is 618. The van der Waals surface area contributed by atoms with Crippen LogP contribution in [0.25, 0.3) is 0 Å². The highest BCUT2D eigenvalue weighted by Crippen LogP contribution is 2.37.